The molecular weight excluding hydrogens is 419 g/mol. The minimum Gasteiger partial charge on any atom is -0.322 e. The maximum atomic E-state index is 13.0. The van der Waals surface area contributed by atoms with Gasteiger partial charge in [0.15, 0.2) is 9.84 Å². The zero-order valence-electron chi connectivity index (χ0n) is 16.3. The van der Waals surface area contributed by atoms with Crippen LogP contribution in [0.15, 0.2) is 53.6 Å². The van der Waals surface area contributed by atoms with Gasteiger partial charge >= 0.3 is 6.18 Å². The van der Waals surface area contributed by atoms with Gasteiger partial charge in [-0.05, 0) is 49.7 Å². The fraction of sp³-hybridized carbons (Fsp3) is 0.200. The highest BCUT2D eigenvalue weighted by Crippen LogP contribution is 2.30. The number of nitrogens with one attached hydrogen (secondary N) is 1. The van der Waals surface area contributed by atoms with E-state index in [0.29, 0.717) is 16.9 Å². The molecule has 0 aliphatic heterocycles. The van der Waals surface area contributed by atoms with Gasteiger partial charge in [-0.3, -0.25) is 4.79 Å². The normalized spacial score (nSPS) is 12.1. The Morgan fingerprint density at radius 3 is 2.43 bits per heavy atom. The Balaban J connectivity index is 1.93. The van der Waals surface area contributed by atoms with Crippen LogP contribution < -0.4 is 5.32 Å². The first-order valence-electron chi connectivity index (χ1n) is 8.72. The van der Waals surface area contributed by atoms with Gasteiger partial charge in [-0.25, -0.2) is 13.1 Å². The van der Waals surface area contributed by atoms with E-state index >= 15 is 0 Å². The summed E-state index contributed by atoms with van der Waals surface area (Å²) in [6.07, 6.45) is -2.19. The van der Waals surface area contributed by atoms with E-state index in [1.165, 1.54) is 35.1 Å². The van der Waals surface area contributed by atoms with Gasteiger partial charge in [0.2, 0.25) is 0 Å². The highest BCUT2D eigenvalue weighted by molar-refractivity contribution is 7.90. The van der Waals surface area contributed by atoms with Crippen molar-refractivity contribution in [3.05, 3.63) is 71.0 Å². The topological polar surface area (TPSA) is 81.1 Å². The van der Waals surface area contributed by atoms with Gasteiger partial charge in [-0.1, -0.05) is 12.1 Å². The Morgan fingerprint density at radius 1 is 1.10 bits per heavy atom. The molecule has 0 unspecified atom stereocenters. The molecule has 1 N–H and O–H groups in total. The van der Waals surface area contributed by atoms with E-state index < -0.39 is 27.5 Å². The number of carbonyl (C=O) groups is 1. The summed E-state index contributed by atoms with van der Waals surface area (Å²) in [6, 6.07) is 8.99. The van der Waals surface area contributed by atoms with Crippen molar-refractivity contribution in [1.29, 1.82) is 0 Å². The zero-order chi connectivity index (χ0) is 22.3. The molecule has 1 heterocycles. The van der Waals surface area contributed by atoms with Crippen molar-refractivity contribution in [3.8, 4) is 5.69 Å². The molecule has 1 amide bonds. The summed E-state index contributed by atoms with van der Waals surface area (Å²) in [5.41, 5.74) is 0.791. The van der Waals surface area contributed by atoms with Crippen LogP contribution in [0.3, 0.4) is 0 Å². The molecule has 0 fully saturated rings. The molecule has 3 aromatic rings. The molecule has 2 aromatic carbocycles. The fourth-order valence-corrected chi connectivity index (χ4v) is 3.51. The quantitative estimate of drug-likeness (QED) is 0.665. The number of aryl methyl sites for hydroxylation is 1. The van der Waals surface area contributed by atoms with Gasteiger partial charge in [0.1, 0.15) is 0 Å². The highest BCUT2D eigenvalue weighted by atomic mass is 32.2. The maximum absolute atomic E-state index is 13.0. The Morgan fingerprint density at radius 2 is 1.80 bits per heavy atom. The molecule has 0 atom stereocenters. The lowest BCUT2D eigenvalue weighted by Crippen LogP contribution is -2.14. The van der Waals surface area contributed by atoms with E-state index in [0.717, 1.165) is 18.4 Å². The molecule has 0 aliphatic carbocycles. The highest BCUT2D eigenvalue weighted by Gasteiger charge is 2.30. The van der Waals surface area contributed by atoms with E-state index in [-0.39, 0.29) is 16.1 Å². The molecule has 0 spiro atoms. The molecule has 0 saturated heterocycles. The summed E-state index contributed by atoms with van der Waals surface area (Å²) in [5, 5.41) is 6.69. The number of amides is 1. The smallest absolute Gasteiger partial charge is 0.322 e. The molecule has 158 valence electrons. The zero-order valence-corrected chi connectivity index (χ0v) is 17.1. The van der Waals surface area contributed by atoms with Gasteiger partial charge in [0.05, 0.1) is 33.6 Å². The molecule has 1 aromatic heterocycles. The second-order valence-electron chi connectivity index (χ2n) is 6.81. The molecule has 0 aliphatic rings. The largest absolute Gasteiger partial charge is 0.416 e. The summed E-state index contributed by atoms with van der Waals surface area (Å²) in [7, 11) is -3.46. The summed E-state index contributed by atoms with van der Waals surface area (Å²) in [5.74, 6) is -0.556. The van der Waals surface area contributed by atoms with Gasteiger partial charge in [-0.2, -0.15) is 18.3 Å². The maximum Gasteiger partial charge on any atom is 0.416 e. The fourth-order valence-electron chi connectivity index (χ4n) is 2.86. The summed E-state index contributed by atoms with van der Waals surface area (Å²) >= 11 is 0. The van der Waals surface area contributed by atoms with E-state index in [1.54, 1.807) is 19.9 Å². The van der Waals surface area contributed by atoms with Crippen LogP contribution >= 0.6 is 0 Å². The number of halogens is 3. The van der Waals surface area contributed by atoms with Crippen LogP contribution in [0.1, 0.15) is 27.2 Å². The SMILES string of the molecule is Cc1ccc(S(C)(=O)=O)cc1NC(=O)c1cnn(-c2cccc(C(F)(F)F)c2)c1C. The number of hydrogen-bond donors (Lipinski definition) is 1. The van der Waals surface area contributed by atoms with E-state index in [4.69, 9.17) is 0 Å². The first-order valence-corrected chi connectivity index (χ1v) is 10.6. The molecular formula is C20H18F3N3O3S. The molecule has 6 nitrogen and oxygen atoms in total. The van der Waals surface area contributed by atoms with Crippen molar-refractivity contribution in [2.24, 2.45) is 0 Å². The number of alkyl halides is 3. The van der Waals surface area contributed by atoms with Gasteiger partial charge in [0, 0.05) is 11.9 Å². The Bertz CT molecular complexity index is 1230. The van der Waals surface area contributed by atoms with Crippen LogP contribution in [0.4, 0.5) is 18.9 Å². The van der Waals surface area contributed by atoms with Crippen molar-refractivity contribution in [2.75, 3.05) is 11.6 Å². The number of rotatable bonds is 4. The number of nitrogens with zero attached hydrogens (tertiary/aromatic N) is 2. The molecule has 0 saturated carbocycles. The van der Waals surface area contributed by atoms with Crippen LogP contribution in [0, 0.1) is 13.8 Å². The minimum absolute atomic E-state index is 0.0554. The third-order valence-electron chi connectivity index (χ3n) is 4.56. The summed E-state index contributed by atoms with van der Waals surface area (Å²) in [6.45, 7) is 3.27. The lowest BCUT2D eigenvalue weighted by Gasteiger charge is -2.11. The van der Waals surface area contributed by atoms with Crippen molar-refractivity contribution in [1.82, 2.24) is 9.78 Å². The third kappa shape index (κ3) is 4.38. The second-order valence-corrected chi connectivity index (χ2v) is 8.82. The first kappa shape index (κ1) is 21.6. The number of anilines is 1. The average molecular weight is 437 g/mol. The van der Waals surface area contributed by atoms with Crippen LogP contribution in [0.2, 0.25) is 0 Å². The van der Waals surface area contributed by atoms with Crippen molar-refractivity contribution in [3.63, 3.8) is 0 Å². The molecule has 0 radical (unpaired) electrons. The predicted octanol–water partition coefficient (Wildman–Crippen LogP) is 4.16. The standard InChI is InChI=1S/C20H18F3N3O3S/c1-12-7-8-16(30(3,28)29)10-18(12)25-19(27)17-11-24-26(13(17)2)15-6-4-5-14(9-15)20(21,22)23/h4-11H,1-3H3,(H,25,27). The lowest BCUT2D eigenvalue weighted by atomic mass is 10.1. The first-order chi connectivity index (χ1) is 13.9. The average Bonchev–Trinajstić information content (AvgIpc) is 3.03. The monoisotopic (exact) mass is 437 g/mol. The van der Waals surface area contributed by atoms with Crippen molar-refractivity contribution >= 4 is 21.4 Å². The van der Waals surface area contributed by atoms with Gasteiger partial charge < -0.3 is 5.32 Å². The predicted molar refractivity (Wildman–Crippen MR) is 106 cm³/mol. The summed E-state index contributed by atoms with van der Waals surface area (Å²) < 4.78 is 63.7. The van der Waals surface area contributed by atoms with Crippen molar-refractivity contribution in [2.45, 2.75) is 24.9 Å². The molecule has 0 bridgehead atoms. The Hall–Kier alpha value is -3.14. The van der Waals surface area contributed by atoms with E-state index in [1.807, 2.05) is 0 Å². The van der Waals surface area contributed by atoms with Crippen LogP contribution in [-0.4, -0.2) is 30.4 Å². The van der Waals surface area contributed by atoms with Crippen LogP contribution in [0.5, 0.6) is 0 Å². The number of carbonyl (C=O) groups excluding carboxylic acids is 1. The number of sulfone groups is 1. The second kappa shape index (κ2) is 7.60. The van der Waals surface area contributed by atoms with E-state index in [9.17, 15) is 26.4 Å². The Labute approximate surface area is 171 Å². The Kier molecular flexibility index (Phi) is 5.46. The molecule has 30 heavy (non-hydrogen) atoms. The minimum atomic E-state index is -4.50. The number of hydrogen-bond acceptors (Lipinski definition) is 4. The van der Waals surface area contributed by atoms with Crippen molar-refractivity contribution < 1.29 is 26.4 Å². The third-order valence-corrected chi connectivity index (χ3v) is 5.67. The number of aromatic nitrogens is 2. The van der Waals surface area contributed by atoms with Crippen LogP contribution in [-0.2, 0) is 16.0 Å². The van der Waals surface area contributed by atoms with Crippen LogP contribution in [0.25, 0.3) is 5.69 Å². The molecule has 3 rings (SSSR count). The van der Waals surface area contributed by atoms with Gasteiger partial charge in [0.25, 0.3) is 5.91 Å². The van der Waals surface area contributed by atoms with Gasteiger partial charge in [-0.15, -0.1) is 0 Å². The lowest BCUT2D eigenvalue weighted by molar-refractivity contribution is -0.137. The summed E-state index contributed by atoms with van der Waals surface area (Å²) in [4.78, 5) is 12.8. The molecule has 10 heteroatoms. The number of benzene rings is 2. The van der Waals surface area contributed by atoms with E-state index in [2.05, 4.69) is 10.4 Å².